The minimum Gasteiger partial charge on any atom is -0.300 e. The van der Waals surface area contributed by atoms with Crippen LogP contribution in [0.1, 0.15) is 6.92 Å². The molecular formula is C11H13N3S2. The maximum atomic E-state index is 5.30. The van der Waals surface area contributed by atoms with E-state index in [0.29, 0.717) is 0 Å². The number of hydrazine groups is 1. The topological polar surface area (TPSA) is 50.9 Å². The summed E-state index contributed by atoms with van der Waals surface area (Å²) in [5.41, 5.74) is 4.64. The SMILES string of the molecule is CCSc1ccc(-c2csc(NN)n2)cc1. The molecule has 16 heavy (non-hydrogen) atoms. The zero-order valence-electron chi connectivity index (χ0n) is 8.93. The number of hydrogen-bond donors (Lipinski definition) is 2. The van der Waals surface area contributed by atoms with Gasteiger partial charge in [-0.15, -0.1) is 23.1 Å². The van der Waals surface area contributed by atoms with Gasteiger partial charge in [-0.25, -0.2) is 10.8 Å². The maximum absolute atomic E-state index is 5.30. The number of nitrogens with one attached hydrogen (secondary N) is 1. The second-order valence-corrected chi connectivity index (χ2v) is 5.34. The van der Waals surface area contributed by atoms with E-state index in [2.05, 4.69) is 41.6 Å². The zero-order chi connectivity index (χ0) is 11.4. The third kappa shape index (κ3) is 2.55. The molecule has 0 aliphatic rings. The molecule has 0 bridgehead atoms. The average Bonchev–Trinajstić information content (AvgIpc) is 2.79. The van der Waals surface area contributed by atoms with E-state index in [4.69, 9.17) is 5.84 Å². The van der Waals surface area contributed by atoms with Crippen molar-refractivity contribution < 1.29 is 0 Å². The zero-order valence-corrected chi connectivity index (χ0v) is 10.6. The van der Waals surface area contributed by atoms with Gasteiger partial charge in [0.15, 0.2) is 5.13 Å². The molecule has 0 aliphatic heterocycles. The summed E-state index contributed by atoms with van der Waals surface area (Å²) in [6.45, 7) is 2.15. The molecule has 0 unspecified atom stereocenters. The molecule has 2 rings (SSSR count). The molecule has 2 aromatic rings. The molecule has 1 aromatic carbocycles. The fourth-order valence-corrected chi connectivity index (χ4v) is 2.65. The van der Waals surface area contributed by atoms with Gasteiger partial charge in [0.2, 0.25) is 0 Å². The number of rotatable bonds is 4. The van der Waals surface area contributed by atoms with Crippen LogP contribution >= 0.6 is 23.1 Å². The van der Waals surface area contributed by atoms with Crippen molar-refractivity contribution >= 4 is 28.2 Å². The van der Waals surface area contributed by atoms with Crippen molar-refractivity contribution in [3.05, 3.63) is 29.6 Å². The Kier molecular flexibility index (Phi) is 3.82. The van der Waals surface area contributed by atoms with Gasteiger partial charge in [-0.05, 0) is 17.9 Å². The lowest BCUT2D eigenvalue weighted by molar-refractivity contribution is 1.28. The van der Waals surface area contributed by atoms with Crippen molar-refractivity contribution in [3.8, 4) is 11.3 Å². The van der Waals surface area contributed by atoms with Crippen molar-refractivity contribution in [2.24, 2.45) is 5.84 Å². The van der Waals surface area contributed by atoms with Crippen LogP contribution in [0.5, 0.6) is 0 Å². The number of benzene rings is 1. The summed E-state index contributed by atoms with van der Waals surface area (Å²) in [6, 6.07) is 8.43. The van der Waals surface area contributed by atoms with E-state index in [1.54, 1.807) is 0 Å². The quantitative estimate of drug-likeness (QED) is 0.498. The van der Waals surface area contributed by atoms with Gasteiger partial charge in [0, 0.05) is 15.8 Å². The second kappa shape index (κ2) is 5.34. The number of thioether (sulfide) groups is 1. The summed E-state index contributed by atoms with van der Waals surface area (Å²) < 4.78 is 0. The Morgan fingerprint density at radius 3 is 2.69 bits per heavy atom. The van der Waals surface area contributed by atoms with Crippen LogP contribution < -0.4 is 11.3 Å². The molecule has 0 spiro atoms. The largest absolute Gasteiger partial charge is 0.300 e. The number of aromatic nitrogens is 1. The molecule has 0 radical (unpaired) electrons. The van der Waals surface area contributed by atoms with E-state index < -0.39 is 0 Å². The Morgan fingerprint density at radius 2 is 2.12 bits per heavy atom. The Balaban J connectivity index is 2.20. The lowest BCUT2D eigenvalue weighted by Crippen LogP contribution is -2.05. The smallest absolute Gasteiger partial charge is 0.197 e. The molecular weight excluding hydrogens is 238 g/mol. The molecule has 0 fully saturated rings. The first kappa shape index (κ1) is 11.4. The molecule has 0 aliphatic carbocycles. The maximum Gasteiger partial charge on any atom is 0.197 e. The van der Waals surface area contributed by atoms with Gasteiger partial charge >= 0.3 is 0 Å². The van der Waals surface area contributed by atoms with Crippen molar-refractivity contribution in [1.29, 1.82) is 0 Å². The van der Waals surface area contributed by atoms with Crippen LogP contribution in [0.15, 0.2) is 34.5 Å². The predicted octanol–water partition coefficient (Wildman–Crippen LogP) is 3.21. The number of hydrogen-bond acceptors (Lipinski definition) is 5. The van der Waals surface area contributed by atoms with Crippen LogP contribution in [0, 0.1) is 0 Å². The van der Waals surface area contributed by atoms with Gasteiger partial charge in [-0.3, -0.25) is 5.43 Å². The van der Waals surface area contributed by atoms with Crippen LogP contribution in [-0.2, 0) is 0 Å². The number of nitrogen functional groups attached to an aromatic ring is 1. The normalized spacial score (nSPS) is 10.4. The average molecular weight is 251 g/mol. The summed E-state index contributed by atoms with van der Waals surface area (Å²) in [5.74, 6) is 6.39. The summed E-state index contributed by atoms with van der Waals surface area (Å²) in [7, 11) is 0. The molecule has 3 N–H and O–H groups in total. The van der Waals surface area contributed by atoms with E-state index in [0.717, 1.165) is 22.1 Å². The molecule has 0 atom stereocenters. The molecule has 0 amide bonds. The summed E-state index contributed by atoms with van der Waals surface area (Å²) >= 11 is 3.35. The van der Waals surface area contributed by atoms with Crippen molar-refractivity contribution in [2.75, 3.05) is 11.2 Å². The first-order chi connectivity index (χ1) is 7.83. The monoisotopic (exact) mass is 251 g/mol. The van der Waals surface area contributed by atoms with E-state index in [1.807, 2.05) is 17.1 Å². The summed E-state index contributed by atoms with van der Waals surface area (Å²) in [6.07, 6.45) is 0. The lowest BCUT2D eigenvalue weighted by Gasteiger charge is -2.00. The number of thiazole rings is 1. The van der Waals surface area contributed by atoms with Gasteiger partial charge in [0.05, 0.1) is 5.69 Å². The molecule has 0 saturated carbocycles. The fraction of sp³-hybridized carbons (Fsp3) is 0.182. The Hall–Kier alpha value is -1.04. The summed E-state index contributed by atoms with van der Waals surface area (Å²) in [5, 5.41) is 2.74. The van der Waals surface area contributed by atoms with Gasteiger partial charge in [-0.1, -0.05) is 19.1 Å². The number of nitrogens with two attached hydrogens (primary N) is 1. The van der Waals surface area contributed by atoms with Crippen molar-refractivity contribution in [3.63, 3.8) is 0 Å². The van der Waals surface area contributed by atoms with E-state index in [1.165, 1.54) is 16.2 Å². The Morgan fingerprint density at radius 1 is 1.38 bits per heavy atom. The highest BCUT2D eigenvalue weighted by Crippen LogP contribution is 2.26. The van der Waals surface area contributed by atoms with Gasteiger partial charge < -0.3 is 0 Å². The highest BCUT2D eigenvalue weighted by Gasteiger charge is 2.03. The minimum atomic E-state index is 0.738. The molecule has 5 heteroatoms. The molecule has 3 nitrogen and oxygen atoms in total. The highest BCUT2D eigenvalue weighted by molar-refractivity contribution is 7.99. The minimum absolute atomic E-state index is 0.738. The fourth-order valence-electron chi connectivity index (χ4n) is 1.36. The molecule has 1 aromatic heterocycles. The Labute approximate surface area is 103 Å². The van der Waals surface area contributed by atoms with E-state index >= 15 is 0 Å². The van der Waals surface area contributed by atoms with Crippen LogP contribution in [0.2, 0.25) is 0 Å². The predicted molar refractivity (Wildman–Crippen MR) is 71.8 cm³/mol. The van der Waals surface area contributed by atoms with E-state index in [-0.39, 0.29) is 0 Å². The highest BCUT2D eigenvalue weighted by atomic mass is 32.2. The van der Waals surface area contributed by atoms with Crippen molar-refractivity contribution in [1.82, 2.24) is 4.98 Å². The number of anilines is 1. The molecule has 84 valence electrons. The van der Waals surface area contributed by atoms with Gasteiger partial charge in [0.25, 0.3) is 0 Å². The lowest BCUT2D eigenvalue weighted by atomic mass is 10.2. The van der Waals surface area contributed by atoms with Crippen LogP contribution in [0.25, 0.3) is 11.3 Å². The van der Waals surface area contributed by atoms with Gasteiger partial charge in [0.1, 0.15) is 0 Å². The summed E-state index contributed by atoms with van der Waals surface area (Å²) in [4.78, 5) is 5.64. The van der Waals surface area contributed by atoms with Crippen LogP contribution in [0.3, 0.4) is 0 Å². The standard InChI is InChI=1S/C11H13N3S2/c1-2-15-9-5-3-8(4-6-9)10-7-16-11(13-10)14-12/h3-7H,2,12H2,1H3,(H,13,14). The number of nitrogens with zero attached hydrogens (tertiary/aromatic N) is 1. The van der Waals surface area contributed by atoms with Gasteiger partial charge in [-0.2, -0.15) is 0 Å². The second-order valence-electron chi connectivity index (χ2n) is 3.14. The Bertz CT molecular complexity index is 451. The van der Waals surface area contributed by atoms with E-state index in [9.17, 15) is 0 Å². The van der Waals surface area contributed by atoms with Crippen LogP contribution in [0.4, 0.5) is 5.13 Å². The first-order valence-electron chi connectivity index (χ1n) is 4.99. The van der Waals surface area contributed by atoms with Crippen LogP contribution in [-0.4, -0.2) is 10.7 Å². The first-order valence-corrected chi connectivity index (χ1v) is 6.85. The molecule has 0 saturated heterocycles. The third-order valence-corrected chi connectivity index (χ3v) is 3.76. The third-order valence-electron chi connectivity index (χ3n) is 2.09. The van der Waals surface area contributed by atoms with Crippen molar-refractivity contribution in [2.45, 2.75) is 11.8 Å². The molecule has 1 heterocycles.